The lowest BCUT2D eigenvalue weighted by atomic mass is 10.3. The minimum Gasteiger partial charge on any atom is -0.505 e. The van der Waals surface area contributed by atoms with Crippen molar-refractivity contribution in [2.45, 2.75) is 13.3 Å². The zero-order valence-electron chi connectivity index (χ0n) is 5.33. The largest absolute Gasteiger partial charge is 0.505 e. The Morgan fingerprint density at radius 2 is 2.44 bits per heavy atom. The Hall–Kier alpha value is -1.30. The van der Waals surface area contributed by atoms with Gasteiger partial charge in [-0.05, 0) is 0 Å². The van der Waals surface area contributed by atoms with E-state index in [2.05, 4.69) is 11.6 Å². The van der Waals surface area contributed by atoms with Crippen molar-refractivity contribution in [1.29, 1.82) is 5.39 Å². The standard InChI is InChI=1S/C6H8N2O/c1-3-5(8-7)6(9)4-2/h3H,1,4H2,2H3/p+1/b6-5+. The first-order valence-corrected chi connectivity index (χ1v) is 2.65. The summed E-state index contributed by atoms with van der Waals surface area (Å²) in [5.41, 5.74) is 0.137. The van der Waals surface area contributed by atoms with Crippen LogP contribution in [0.2, 0.25) is 0 Å². The van der Waals surface area contributed by atoms with Crippen molar-refractivity contribution in [2.24, 2.45) is 0 Å². The van der Waals surface area contributed by atoms with Gasteiger partial charge < -0.3 is 5.11 Å². The highest BCUT2D eigenvalue weighted by Crippen LogP contribution is 2.06. The van der Waals surface area contributed by atoms with E-state index in [9.17, 15) is 0 Å². The molecule has 0 heterocycles. The van der Waals surface area contributed by atoms with Gasteiger partial charge in [0, 0.05) is 12.5 Å². The van der Waals surface area contributed by atoms with E-state index in [4.69, 9.17) is 10.5 Å². The van der Waals surface area contributed by atoms with Gasteiger partial charge in [0.25, 0.3) is 0 Å². The molecular weight excluding hydrogens is 116 g/mol. The number of aliphatic hydroxyl groups excluding tert-OH is 1. The van der Waals surface area contributed by atoms with Gasteiger partial charge in [-0.25, -0.2) is 0 Å². The average Bonchev–Trinajstić information content (AvgIpc) is 1.90. The minimum absolute atomic E-state index is 0.0486. The molecule has 0 atom stereocenters. The first kappa shape index (κ1) is 7.70. The van der Waals surface area contributed by atoms with Gasteiger partial charge in [0.1, 0.15) is 0 Å². The van der Waals surface area contributed by atoms with E-state index >= 15 is 0 Å². The molecule has 0 aliphatic heterocycles. The van der Waals surface area contributed by atoms with Crippen molar-refractivity contribution < 1.29 is 5.11 Å². The molecule has 0 saturated heterocycles. The van der Waals surface area contributed by atoms with E-state index < -0.39 is 0 Å². The molecule has 3 nitrogen and oxygen atoms in total. The first-order chi connectivity index (χ1) is 4.26. The second-order valence-electron chi connectivity index (χ2n) is 1.49. The number of allylic oxidation sites excluding steroid dienone is 2. The molecule has 0 spiro atoms. The van der Waals surface area contributed by atoms with E-state index in [1.165, 1.54) is 6.08 Å². The smallest absolute Gasteiger partial charge is 0.421 e. The highest BCUT2D eigenvalue weighted by Gasteiger charge is 2.10. The maximum absolute atomic E-state index is 8.87. The summed E-state index contributed by atoms with van der Waals surface area (Å²) in [7, 11) is 0. The van der Waals surface area contributed by atoms with Crippen molar-refractivity contribution in [3.63, 3.8) is 0 Å². The summed E-state index contributed by atoms with van der Waals surface area (Å²) >= 11 is 0. The second-order valence-corrected chi connectivity index (χ2v) is 1.49. The van der Waals surface area contributed by atoms with Gasteiger partial charge in [-0.2, -0.15) is 0 Å². The highest BCUT2D eigenvalue weighted by atomic mass is 16.3. The Labute approximate surface area is 53.9 Å². The van der Waals surface area contributed by atoms with Crippen LogP contribution >= 0.6 is 0 Å². The van der Waals surface area contributed by atoms with Crippen LogP contribution in [0.1, 0.15) is 13.3 Å². The summed E-state index contributed by atoms with van der Waals surface area (Å²) in [6, 6.07) is 0. The summed E-state index contributed by atoms with van der Waals surface area (Å²) in [5, 5.41) is 17.0. The minimum atomic E-state index is 0.0486. The number of rotatable bonds is 2. The number of aliphatic hydroxyl groups is 1. The van der Waals surface area contributed by atoms with Gasteiger partial charge in [0.2, 0.25) is 5.39 Å². The van der Waals surface area contributed by atoms with Crippen molar-refractivity contribution in [2.75, 3.05) is 0 Å². The quantitative estimate of drug-likeness (QED) is 0.349. The Bertz CT molecular complexity index is 176. The molecular formula is C6H9N2O+. The Kier molecular flexibility index (Phi) is 3.14. The molecule has 9 heavy (non-hydrogen) atoms. The summed E-state index contributed by atoms with van der Waals surface area (Å²) in [4.78, 5) is 2.79. The molecule has 0 radical (unpaired) electrons. The zero-order valence-corrected chi connectivity index (χ0v) is 5.33. The fraction of sp³-hybridized carbons (Fsp3) is 0.333. The predicted molar refractivity (Wildman–Crippen MR) is 35.2 cm³/mol. The lowest BCUT2D eigenvalue weighted by Gasteiger charge is -1.82. The van der Waals surface area contributed by atoms with Crippen LogP contribution in [0.15, 0.2) is 24.1 Å². The van der Waals surface area contributed by atoms with Crippen LogP contribution in [0, 0.1) is 5.39 Å². The number of nitrogens with zero attached hydrogens (tertiary/aromatic N) is 2. The van der Waals surface area contributed by atoms with Crippen molar-refractivity contribution in [3.8, 4) is 0 Å². The maximum atomic E-state index is 8.87. The Morgan fingerprint density at radius 1 is 1.89 bits per heavy atom. The molecule has 0 bridgehead atoms. The third-order valence-corrected chi connectivity index (χ3v) is 0.932. The fourth-order valence-electron chi connectivity index (χ4n) is 0.397. The van der Waals surface area contributed by atoms with Gasteiger partial charge in [0.05, 0.1) is 0 Å². The van der Waals surface area contributed by atoms with Crippen LogP contribution < -0.4 is 0 Å². The van der Waals surface area contributed by atoms with Crippen molar-refractivity contribution in [1.82, 2.24) is 0 Å². The van der Waals surface area contributed by atoms with Gasteiger partial charge in [-0.1, -0.05) is 13.5 Å². The molecule has 0 unspecified atom stereocenters. The monoisotopic (exact) mass is 125 g/mol. The maximum Gasteiger partial charge on any atom is 0.421 e. The molecule has 0 fully saturated rings. The molecule has 0 aliphatic rings. The first-order valence-electron chi connectivity index (χ1n) is 2.65. The third kappa shape index (κ3) is 1.96. The highest BCUT2D eigenvalue weighted by molar-refractivity contribution is 5.24. The van der Waals surface area contributed by atoms with Crippen LogP contribution in [-0.4, -0.2) is 5.11 Å². The lowest BCUT2D eigenvalue weighted by molar-refractivity contribution is 0.391. The van der Waals surface area contributed by atoms with E-state index in [0.717, 1.165) is 0 Å². The molecule has 1 N–H and O–H groups in total. The number of hydrogen-bond acceptors (Lipinski definition) is 2. The van der Waals surface area contributed by atoms with Crippen LogP contribution in [-0.2, 0) is 0 Å². The molecule has 0 aromatic rings. The number of diazo groups is 1. The molecule has 0 saturated carbocycles. The van der Waals surface area contributed by atoms with Crippen LogP contribution in [0.4, 0.5) is 0 Å². The molecule has 48 valence electrons. The predicted octanol–water partition coefficient (Wildman–Crippen LogP) is 2.21. The fourth-order valence-corrected chi connectivity index (χ4v) is 0.397. The van der Waals surface area contributed by atoms with E-state index in [0.29, 0.717) is 6.42 Å². The molecule has 0 aliphatic carbocycles. The Morgan fingerprint density at radius 3 is 2.56 bits per heavy atom. The normalized spacial score (nSPS) is 11.6. The zero-order chi connectivity index (χ0) is 7.28. The molecule has 0 rings (SSSR count). The second kappa shape index (κ2) is 3.67. The molecule has 3 heteroatoms. The van der Waals surface area contributed by atoms with Crippen LogP contribution in [0.5, 0.6) is 0 Å². The van der Waals surface area contributed by atoms with Gasteiger partial charge >= 0.3 is 5.70 Å². The Balaban J connectivity index is 4.43. The summed E-state index contributed by atoms with van der Waals surface area (Å²) < 4.78 is 0. The summed E-state index contributed by atoms with van der Waals surface area (Å²) in [5.74, 6) is 0.0486. The van der Waals surface area contributed by atoms with Crippen LogP contribution in [0.3, 0.4) is 0 Å². The molecule has 0 amide bonds. The summed E-state index contributed by atoms with van der Waals surface area (Å²) in [6.07, 6.45) is 1.74. The number of hydrogen-bond donors (Lipinski definition) is 1. The third-order valence-electron chi connectivity index (χ3n) is 0.932. The average molecular weight is 125 g/mol. The topological polar surface area (TPSA) is 48.4 Å². The van der Waals surface area contributed by atoms with E-state index in [-0.39, 0.29) is 11.5 Å². The van der Waals surface area contributed by atoms with Crippen molar-refractivity contribution in [3.05, 3.63) is 29.1 Å². The summed E-state index contributed by atoms with van der Waals surface area (Å²) in [6.45, 7) is 5.08. The molecule has 0 aromatic carbocycles. The lowest BCUT2D eigenvalue weighted by Crippen LogP contribution is -1.80. The van der Waals surface area contributed by atoms with Gasteiger partial charge in [-0.15, -0.1) is 0 Å². The van der Waals surface area contributed by atoms with Crippen molar-refractivity contribution >= 4 is 0 Å². The molecule has 0 aromatic heterocycles. The van der Waals surface area contributed by atoms with Crippen LogP contribution in [0.25, 0.3) is 4.98 Å². The van der Waals surface area contributed by atoms with E-state index in [1.807, 2.05) is 0 Å². The van der Waals surface area contributed by atoms with Gasteiger partial charge in [0.15, 0.2) is 10.7 Å². The van der Waals surface area contributed by atoms with E-state index in [1.54, 1.807) is 6.92 Å². The van der Waals surface area contributed by atoms with Gasteiger partial charge in [-0.3, -0.25) is 0 Å². The SMILES string of the molecule is C=C/C([N+]#N)=C(\O)CC.